The Bertz CT molecular complexity index is 616. The first-order valence-corrected chi connectivity index (χ1v) is 7.06. The van der Waals surface area contributed by atoms with Crippen molar-refractivity contribution in [2.45, 2.75) is 25.8 Å². The zero-order valence-corrected chi connectivity index (χ0v) is 12.0. The Balaban J connectivity index is 1.96. The molecule has 3 rings (SSSR count). The predicted molar refractivity (Wildman–Crippen MR) is 76.2 cm³/mol. The first-order chi connectivity index (χ1) is 9.28. The average Bonchev–Trinajstić information content (AvgIpc) is 2.90. The Kier molecular flexibility index (Phi) is 3.48. The summed E-state index contributed by atoms with van der Waals surface area (Å²) in [7, 11) is 0. The van der Waals surface area contributed by atoms with Crippen molar-refractivity contribution in [3.05, 3.63) is 45.8 Å². The quantitative estimate of drug-likeness (QED) is 0.944. The molecule has 98 valence electrons. The number of aromatic nitrogens is 2. The van der Waals surface area contributed by atoms with Gasteiger partial charge in [0.2, 0.25) is 5.88 Å². The van der Waals surface area contributed by atoms with Crippen molar-refractivity contribution >= 4 is 15.9 Å². The van der Waals surface area contributed by atoms with Gasteiger partial charge in [0.05, 0.1) is 5.69 Å². The van der Waals surface area contributed by atoms with Crippen molar-refractivity contribution in [1.29, 1.82) is 0 Å². The van der Waals surface area contributed by atoms with Crippen LogP contribution in [-0.2, 0) is 19.4 Å². The molecule has 0 aliphatic heterocycles. The number of ether oxygens (including phenoxy) is 1. The molecule has 0 fully saturated rings. The summed E-state index contributed by atoms with van der Waals surface area (Å²) in [5, 5.41) is 0. The van der Waals surface area contributed by atoms with E-state index in [9.17, 15) is 0 Å². The first kappa shape index (κ1) is 12.6. The van der Waals surface area contributed by atoms with Gasteiger partial charge < -0.3 is 10.5 Å². The molecule has 5 heteroatoms. The second-order valence-electron chi connectivity index (χ2n) is 4.52. The van der Waals surface area contributed by atoms with Crippen LogP contribution in [0.25, 0.3) is 0 Å². The lowest BCUT2D eigenvalue weighted by molar-refractivity contribution is 0.450. The van der Waals surface area contributed by atoms with Gasteiger partial charge in [0.25, 0.3) is 0 Å². The van der Waals surface area contributed by atoms with Crippen molar-refractivity contribution < 1.29 is 4.74 Å². The van der Waals surface area contributed by atoms with Crippen molar-refractivity contribution in [2.75, 3.05) is 0 Å². The number of fused-ring (bicyclic) bond motifs is 1. The molecule has 2 N–H and O–H groups in total. The molecule has 0 atom stereocenters. The number of nitrogens with zero attached hydrogens (tertiary/aromatic N) is 2. The van der Waals surface area contributed by atoms with Crippen molar-refractivity contribution in [1.82, 2.24) is 9.97 Å². The van der Waals surface area contributed by atoms with E-state index in [0.29, 0.717) is 12.4 Å². The SMILES string of the molecule is NCc1cc(Br)ccc1Oc1ncnc2c1CCC2. The molecule has 0 saturated carbocycles. The second kappa shape index (κ2) is 5.27. The largest absolute Gasteiger partial charge is 0.438 e. The van der Waals surface area contributed by atoms with Crippen LogP contribution in [0.3, 0.4) is 0 Å². The molecule has 1 aromatic heterocycles. The van der Waals surface area contributed by atoms with Crippen molar-refractivity contribution in [3.63, 3.8) is 0 Å². The van der Waals surface area contributed by atoms with E-state index in [1.165, 1.54) is 0 Å². The summed E-state index contributed by atoms with van der Waals surface area (Å²) >= 11 is 3.44. The summed E-state index contributed by atoms with van der Waals surface area (Å²) in [5.74, 6) is 1.43. The van der Waals surface area contributed by atoms with Crippen LogP contribution in [0.15, 0.2) is 29.0 Å². The van der Waals surface area contributed by atoms with Crippen LogP contribution in [0.2, 0.25) is 0 Å². The third-order valence-corrected chi connectivity index (χ3v) is 3.78. The maximum absolute atomic E-state index is 5.95. The number of nitrogens with two attached hydrogens (primary N) is 1. The fraction of sp³-hybridized carbons (Fsp3) is 0.286. The van der Waals surface area contributed by atoms with Gasteiger partial charge in [0, 0.05) is 22.1 Å². The zero-order chi connectivity index (χ0) is 13.2. The standard InChI is InChI=1S/C14H14BrN3O/c15-10-4-5-13(9(6-10)7-16)19-14-11-2-1-3-12(11)17-8-18-14/h4-6,8H,1-3,7,16H2. The molecule has 0 spiro atoms. The van der Waals surface area contributed by atoms with E-state index in [0.717, 1.165) is 46.3 Å². The lowest BCUT2D eigenvalue weighted by Crippen LogP contribution is -2.02. The molecule has 0 radical (unpaired) electrons. The number of hydrogen-bond acceptors (Lipinski definition) is 4. The van der Waals surface area contributed by atoms with Crippen LogP contribution in [0.4, 0.5) is 0 Å². The molecule has 1 heterocycles. The van der Waals surface area contributed by atoms with E-state index in [2.05, 4.69) is 25.9 Å². The zero-order valence-electron chi connectivity index (χ0n) is 10.4. The van der Waals surface area contributed by atoms with Gasteiger partial charge >= 0.3 is 0 Å². The monoisotopic (exact) mass is 319 g/mol. The lowest BCUT2D eigenvalue weighted by Gasteiger charge is -2.12. The molecule has 0 bridgehead atoms. The van der Waals surface area contributed by atoms with Gasteiger partial charge in [0.1, 0.15) is 12.1 Å². The van der Waals surface area contributed by atoms with E-state index in [1.807, 2.05) is 18.2 Å². The van der Waals surface area contributed by atoms with Gasteiger partial charge in [-0.3, -0.25) is 0 Å². The third kappa shape index (κ3) is 2.48. The van der Waals surface area contributed by atoms with Crippen LogP contribution in [0.5, 0.6) is 11.6 Å². The molecule has 4 nitrogen and oxygen atoms in total. The third-order valence-electron chi connectivity index (χ3n) is 3.28. The van der Waals surface area contributed by atoms with Gasteiger partial charge in [-0.2, -0.15) is 0 Å². The Morgan fingerprint density at radius 3 is 3.00 bits per heavy atom. The van der Waals surface area contributed by atoms with Gasteiger partial charge in [-0.1, -0.05) is 15.9 Å². The number of hydrogen-bond donors (Lipinski definition) is 1. The Morgan fingerprint density at radius 2 is 2.16 bits per heavy atom. The van der Waals surface area contributed by atoms with Crippen molar-refractivity contribution in [3.8, 4) is 11.6 Å². The lowest BCUT2D eigenvalue weighted by atomic mass is 10.2. The molecule has 1 aliphatic carbocycles. The molecular weight excluding hydrogens is 306 g/mol. The van der Waals surface area contributed by atoms with Crippen LogP contribution < -0.4 is 10.5 Å². The highest BCUT2D eigenvalue weighted by Crippen LogP contribution is 2.32. The van der Waals surface area contributed by atoms with Crippen LogP contribution in [-0.4, -0.2) is 9.97 Å². The first-order valence-electron chi connectivity index (χ1n) is 6.27. The van der Waals surface area contributed by atoms with Crippen LogP contribution in [0, 0.1) is 0 Å². The summed E-state index contributed by atoms with van der Waals surface area (Å²) in [6.45, 7) is 0.433. The summed E-state index contributed by atoms with van der Waals surface area (Å²) in [6, 6.07) is 5.82. The van der Waals surface area contributed by atoms with E-state index >= 15 is 0 Å². The fourth-order valence-electron chi connectivity index (χ4n) is 2.33. The van der Waals surface area contributed by atoms with Crippen LogP contribution >= 0.6 is 15.9 Å². The Morgan fingerprint density at radius 1 is 1.26 bits per heavy atom. The summed E-state index contributed by atoms with van der Waals surface area (Å²) in [4.78, 5) is 8.55. The fourth-order valence-corrected chi connectivity index (χ4v) is 2.74. The highest BCUT2D eigenvalue weighted by molar-refractivity contribution is 9.10. The molecule has 1 aromatic carbocycles. The van der Waals surface area contributed by atoms with Gasteiger partial charge in [-0.25, -0.2) is 9.97 Å². The minimum absolute atomic E-state index is 0.433. The number of halogens is 1. The van der Waals surface area contributed by atoms with E-state index in [-0.39, 0.29) is 0 Å². The Hall–Kier alpha value is -1.46. The van der Waals surface area contributed by atoms with E-state index in [1.54, 1.807) is 6.33 Å². The minimum Gasteiger partial charge on any atom is -0.438 e. The van der Waals surface area contributed by atoms with E-state index in [4.69, 9.17) is 10.5 Å². The molecular formula is C14H14BrN3O. The van der Waals surface area contributed by atoms with Crippen molar-refractivity contribution in [2.24, 2.45) is 5.73 Å². The molecule has 0 saturated heterocycles. The molecule has 0 unspecified atom stereocenters. The number of aryl methyl sites for hydroxylation is 1. The summed E-state index contributed by atoms with van der Waals surface area (Å²) in [6.07, 6.45) is 4.69. The normalized spacial score (nSPS) is 13.4. The summed E-state index contributed by atoms with van der Waals surface area (Å²) < 4.78 is 6.94. The number of benzene rings is 1. The maximum Gasteiger partial charge on any atom is 0.225 e. The van der Waals surface area contributed by atoms with Gasteiger partial charge in [0.15, 0.2) is 0 Å². The number of rotatable bonds is 3. The predicted octanol–water partition coefficient (Wildman–Crippen LogP) is 2.98. The van der Waals surface area contributed by atoms with Gasteiger partial charge in [-0.15, -0.1) is 0 Å². The molecule has 19 heavy (non-hydrogen) atoms. The minimum atomic E-state index is 0.433. The molecule has 0 amide bonds. The highest BCUT2D eigenvalue weighted by Gasteiger charge is 2.19. The summed E-state index contributed by atoms with van der Waals surface area (Å²) in [5.41, 5.74) is 8.95. The topological polar surface area (TPSA) is 61.0 Å². The molecule has 2 aromatic rings. The maximum atomic E-state index is 5.95. The van der Waals surface area contributed by atoms with Gasteiger partial charge in [-0.05, 0) is 37.5 Å². The Labute approximate surface area is 120 Å². The smallest absolute Gasteiger partial charge is 0.225 e. The highest BCUT2D eigenvalue weighted by atomic mass is 79.9. The second-order valence-corrected chi connectivity index (χ2v) is 5.43. The molecule has 1 aliphatic rings. The van der Waals surface area contributed by atoms with E-state index < -0.39 is 0 Å². The van der Waals surface area contributed by atoms with Crippen LogP contribution in [0.1, 0.15) is 23.2 Å². The average molecular weight is 320 g/mol.